The van der Waals surface area contributed by atoms with Crippen LogP contribution < -0.4 is 0 Å². The molecule has 11 aromatic rings. The van der Waals surface area contributed by atoms with Crippen LogP contribution in [0.15, 0.2) is 243 Å². The van der Waals surface area contributed by atoms with Gasteiger partial charge in [0.2, 0.25) is 0 Å². The van der Waals surface area contributed by atoms with Gasteiger partial charge in [0, 0.05) is 0 Å². The van der Waals surface area contributed by atoms with Gasteiger partial charge in [0.1, 0.15) is 0 Å². The van der Waals surface area contributed by atoms with Gasteiger partial charge in [-0.25, -0.2) is 0 Å². The summed E-state index contributed by atoms with van der Waals surface area (Å²) in [6.45, 7) is 0. The number of hydrogen-bond donors (Lipinski definition) is 0. The Hall–Kier alpha value is -8.06. The van der Waals surface area contributed by atoms with E-state index < -0.39 is 5.41 Å². The zero-order chi connectivity index (χ0) is 41.7. The molecule has 0 atom stereocenters. The van der Waals surface area contributed by atoms with Crippen LogP contribution in [0.3, 0.4) is 0 Å². The molecular formula is C63H42. The van der Waals surface area contributed by atoms with E-state index in [0.717, 1.165) is 0 Å². The monoisotopic (exact) mass is 798 g/mol. The van der Waals surface area contributed by atoms with Crippen molar-refractivity contribution in [3.8, 4) is 44.5 Å². The molecular weight excluding hydrogens is 757 g/mol. The van der Waals surface area contributed by atoms with Gasteiger partial charge in [-0.1, -0.05) is 243 Å². The fourth-order valence-electron chi connectivity index (χ4n) is 10.5. The van der Waals surface area contributed by atoms with Gasteiger partial charge in [0.25, 0.3) is 0 Å². The maximum atomic E-state index is 2.50. The zero-order valence-electron chi connectivity index (χ0n) is 34.7. The quantitative estimate of drug-likeness (QED) is 0.111. The third-order valence-electron chi connectivity index (χ3n) is 13.3. The highest BCUT2D eigenvalue weighted by molar-refractivity contribution is 6.21. The summed E-state index contributed by atoms with van der Waals surface area (Å²) in [5, 5.41) is 7.54. The molecule has 0 saturated carbocycles. The molecule has 0 aliphatic heterocycles. The highest BCUT2D eigenvalue weighted by Gasteiger charge is 2.46. The summed E-state index contributed by atoms with van der Waals surface area (Å²) in [4.78, 5) is 0. The lowest BCUT2D eigenvalue weighted by molar-refractivity contribution is 0.769. The Bertz CT molecular complexity index is 3420. The van der Waals surface area contributed by atoms with Crippen LogP contribution in [0.2, 0.25) is 0 Å². The van der Waals surface area contributed by atoms with Crippen LogP contribution in [-0.4, -0.2) is 0 Å². The van der Waals surface area contributed by atoms with Gasteiger partial charge in [0.05, 0.1) is 5.41 Å². The minimum Gasteiger partial charge on any atom is -0.0622 e. The molecule has 0 unspecified atom stereocenters. The lowest BCUT2D eigenvalue weighted by Gasteiger charge is -2.34. The van der Waals surface area contributed by atoms with E-state index in [2.05, 4.69) is 255 Å². The Morgan fingerprint density at radius 3 is 1.32 bits per heavy atom. The van der Waals surface area contributed by atoms with Gasteiger partial charge in [-0.3, -0.25) is 0 Å². The summed E-state index contributed by atoms with van der Waals surface area (Å²) in [7, 11) is 0. The normalized spacial score (nSPS) is 12.8. The SMILES string of the molecule is C(=C\c1ccc(-c2c3ccccc3c(-c3ccc4c(c3)C(c3ccccc3)(c3ccccc3)c3ccccc3-4)c3ccccc23)cc1)/c1ccc(-c2ccc3ccccc3c2)cc1. The number of hydrogen-bond acceptors (Lipinski definition) is 0. The van der Waals surface area contributed by atoms with E-state index >= 15 is 0 Å². The number of benzene rings is 11. The lowest BCUT2D eigenvalue weighted by Crippen LogP contribution is -2.28. The summed E-state index contributed by atoms with van der Waals surface area (Å²) in [5.41, 5.74) is 17.1. The molecule has 63 heavy (non-hydrogen) atoms. The predicted octanol–water partition coefficient (Wildman–Crippen LogP) is 16.7. The Labute approximate surface area is 368 Å². The Morgan fingerprint density at radius 2 is 0.714 bits per heavy atom. The molecule has 0 aromatic heterocycles. The van der Waals surface area contributed by atoms with Crippen molar-refractivity contribution >= 4 is 44.5 Å². The van der Waals surface area contributed by atoms with E-state index in [0.29, 0.717) is 0 Å². The third kappa shape index (κ3) is 6.06. The van der Waals surface area contributed by atoms with Gasteiger partial charge in [-0.05, 0) is 122 Å². The molecule has 0 fully saturated rings. The molecule has 0 spiro atoms. The highest BCUT2D eigenvalue weighted by Crippen LogP contribution is 2.57. The molecule has 0 heterocycles. The summed E-state index contributed by atoms with van der Waals surface area (Å²) in [6.07, 6.45) is 4.42. The second kappa shape index (κ2) is 15.1. The molecule has 1 aliphatic carbocycles. The maximum absolute atomic E-state index is 2.50. The first-order valence-electron chi connectivity index (χ1n) is 21.9. The van der Waals surface area contributed by atoms with Crippen molar-refractivity contribution in [2.45, 2.75) is 5.41 Å². The minimum atomic E-state index is -0.465. The molecule has 12 rings (SSSR count). The first-order chi connectivity index (χ1) is 31.2. The van der Waals surface area contributed by atoms with E-state index in [9.17, 15) is 0 Å². The van der Waals surface area contributed by atoms with Crippen molar-refractivity contribution in [3.63, 3.8) is 0 Å². The van der Waals surface area contributed by atoms with Gasteiger partial charge in [0.15, 0.2) is 0 Å². The summed E-state index contributed by atoms with van der Waals surface area (Å²) >= 11 is 0. The highest BCUT2D eigenvalue weighted by atomic mass is 14.5. The van der Waals surface area contributed by atoms with Gasteiger partial charge in [-0.2, -0.15) is 0 Å². The Balaban J connectivity index is 0.943. The maximum Gasteiger partial charge on any atom is 0.0713 e. The first kappa shape index (κ1) is 36.8. The van der Waals surface area contributed by atoms with Gasteiger partial charge >= 0.3 is 0 Å². The van der Waals surface area contributed by atoms with Crippen molar-refractivity contribution in [2.24, 2.45) is 0 Å². The Morgan fingerprint density at radius 1 is 0.270 bits per heavy atom. The van der Waals surface area contributed by atoms with Crippen molar-refractivity contribution < 1.29 is 0 Å². The third-order valence-corrected chi connectivity index (χ3v) is 13.3. The molecule has 0 amide bonds. The molecule has 0 heteroatoms. The van der Waals surface area contributed by atoms with Crippen molar-refractivity contribution in [3.05, 3.63) is 276 Å². The van der Waals surface area contributed by atoms with E-state index in [1.165, 1.54) is 110 Å². The van der Waals surface area contributed by atoms with Crippen molar-refractivity contribution in [1.29, 1.82) is 0 Å². The van der Waals surface area contributed by atoms with Crippen LogP contribution in [0.25, 0.3) is 89.0 Å². The topological polar surface area (TPSA) is 0 Å². The largest absolute Gasteiger partial charge is 0.0713 e. The fraction of sp³-hybridized carbons (Fsp3) is 0.0159. The van der Waals surface area contributed by atoms with E-state index in [4.69, 9.17) is 0 Å². The van der Waals surface area contributed by atoms with E-state index in [1.54, 1.807) is 0 Å². The lowest BCUT2D eigenvalue weighted by atomic mass is 9.67. The number of fused-ring (bicyclic) bond motifs is 6. The average Bonchev–Trinajstić information content (AvgIpc) is 3.66. The summed E-state index contributed by atoms with van der Waals surface area (Å²) < 4.78 is 0. The van der Waals surface area contributed by atoms with E-state index in [-0.39, 0.29) is 0 Å². The second-order valence-corrected chi connectivity index (χ2v) is 16.8. The molecule has 0 saturated heterocycles. The van der Waals surface area contributed by atoms with Crippen LogP contribution in [0.1, 0.15) is 33.4 Å². The summed E-state index contributed by atoms with van der Waals surface area (Å²) in [5.74, 6) is 0. The van der Waals surface area contributed by atoms with Crippen LogP contribution in [0, 0.1) is 0 Å². The average molecular weight is 799 g/mol. The minimum absolute atomic E-state index is 0.465. The predicted molar refractivity (Wildman–Crippen MR) is 268 cm³/mol. The second-order valence-electron chi connectivity index (χ2n) is 16.8. The van der Waals surface area contributed by atoms with Crippen LogP contribution >= 0.6 is 0 Å². The molecule has 1 aliphatic rings. The molecule has 294 valence electrons. The standard InChI is InChI=1S/C63H42/c1-3-17-51(18-4-1)63(52-19-5-2-6-20-52)59-26-14-13-21-53(59)54-40-39-50(42-60(54)63)62-57-24-11-9-22-55(57)61(56-23-10-12-25-58(56)62)47-35-31-44(32-36-47)28-27-43-29-33-46(34-30-43)49-38-37-45-15-7-8-16-48(45)41-49/h1-42H/b28-27+. The van der Waals surface area contributed by atoms with Gasteiger partial charge < -0.3 is 0 Å². The van der Waals surface area contributed by atoms with Crippen molar-refractivity contribution in [1.82, 2.24) is 0 Å². The van der Waals surface area contributed by atoms with Crippen LogP contribution in [0.4, 0.5) is 0 Å². The smallest absolute Gasteiger partial charge is 0.0622 e. The zero-order valence-corrected chi connectivity index (χ0v) is 34.7. The molecule has 0 N–H and O–H groups in total. The fourth-order valence-corrected chi connectivity index (χ4v) is 10.5. The van der Waals surface area contributed by atoms with Crippen molar-refractivity contribution in [2.75, 3.05) is 0 Å². The Kier molecular flexibility index (Phi) is 8.83. The van der Waals surface area contributed by atoms with Crippen LogP contribution in [0.5, 0.6) is 0 Å². The molecule has 0 nitrogen and oxygen atoms in total. The molecule has 0 radical (unpaired) electrons. The van der Waals surface area contributed by atoms with Crippen LogP contribution in [-0.2, 0) is 5.41 Å². The molecule has 11 aromatic carbocycles. The number of rotatable bonds is 7. The summed E-state index contributed by atoms with van der Waals surface area (Å²) in [6, 6.07) is 89.5. The van der Waals surface area contributed by atoms with E-state index in [1.807, 2.05) is 0 Å². The van der Waals surface area contributed by atoms with Gasteiger partial charge in [-0.15, -0.1) is 0 Å². The molecule has 0 bridgehead atoms. The first-order valence-corrected chi connectivity index (χ1v) is 21.9.